The van der Waals surface area contributed by atoms with Gasteiger partial charge in [0.15, 0.2) is 12.4 Å². The molecular formula is C15H15N5O2. The van der Waals surface area contributed by atoms with Crippen molar-refractivity contribution in [1.29, 1.82) is 0 Å². The number of aromatic nitrogens is 2. The van der Waals surface area contributed by atoms with Crippen LogP contribution in [0.1, 0.15) is 0 Å². The number of aromatic amines is 1. The summed E-state index contributed by atoms with van der Waals surface area (Å²) in [6.07, 6.45) is 0. The van der Waals surface area contributed by atoms with Gasteiger partial charge in [0.05, 0.1) is 5.52 Å². The van der Waals surface area contributed by atoms with Gasteiger partial charge in [-0.25, -0.2) is 5.84 Å². The van der Waals surface area contributed by atoms with Crippen molar-refractivity contribution in [2.45, 2.75) is 0 Å². The van der Waals surface area contributed by atoms with Crippen molar-refractivity contribution in [3.05, 3.63) is 42.5 Å². The first-order valence-corrected chi connectivity index (χ1v) is 6.63. The second-order valence-electron chi connectivity index (χ2n) is 4.75. The van der Waals surface area contributed by atoms with E-state index in [0.29, 0.717) is 11.6 Å². The van der Waals surface area contributed by atoms with Crippen molar-refractivity contribution in [2.24, 2.45) is 5.84 Å². The third-order valence-corrected chi connectivity index (χ3v) is 3.29. The van der Waals surface area contributed by atoms with E-state index in [9.17, 15) is 4.79 Å². The van der Waals surface area contributed by atoms with Gasteiger partial charge in [-0.3, -0.25) is 15.3 Å². The van der Waals surface area contributed by atoms with E-state index in [-0.39, 0.29) is 12.5 Å². The number of hydrogen-bond donors (Lipinski definition) is 4. The summed E-state index contributed by atoms with van der Waals surface area (Å²) in [6.45, 7) is -0.129. The quantitative estimate of drug-likeness (QED) is 0.327. The topological polar surface area (TPSA) is 119 Å². The number of nitrogen functional groups attached to an aromatic ring is 1. The van der Waals surface area contributed by atoms with E-state index in [2.05, 4.69) is 10.2 Å². The number of H-pyrrole nitrogens is 1. The molecule has 0 atom stereocenters. The normalized spacial score (nSPS) is 10.6. The number of fused-ring (bicyclic) bond motifs is 1. The Morgan fingerprint density at radius 3 is 2.86 bits per heavy atom. The van der Waals surface area contributed by atoms with E-state index < -0.39 is 0 Å². The van der Waals surface area contributed by atoms with Gasteiger partial charge in [0.25, 0.3) is 5.91 Å². The molecule has 7 heteroatoms. The SMILES string of the molecule is NNC(=O)COc1cccc(-c2ccc3c(N)n[nH]c3c2)c1. The minimum atomic E-state index is -0.389. The molecule has 1 heterocycles. The molecule has 0 spiro atoms. The summed E-state index contributed by atoms with van der Waals surface area (Å²) in [7, 11) is 0. The predicted octanol–water partition coefficient (Wildman–Crippen LogP) is 1.18. The van der Waals surface area contributed by atoms with E-state index >= 15 is 0 Å². The van der Waals surface area contributed by atoms with Crippen LogP contribution >= 0.6 is 0 Å². The number of carbonyl (C=O) groups excluding carboxylic acids is 1. The van der Waals surface area contributed by atoms with Crippen molar-refractivity contribution in [2.75, 3.05) is 12.3 Å². The lowest BCUT2D eigenvalue weighted by Gasteiger charge is -2.07. The first-order chi connectivity index (χ1) is 10.7. The molecule has 6 N–H and O–H groups in total. The molecule has 7 nitrogen and oxygen atoms in total. The van der Waals surface area contributed by atoms with Crippen molar-refractivity contribution in [3.63, 3.8) is 0 Å². The summed E-state index contributed by atoms with van der Waals surface area (Å²) >= 11 is 0. The van der Waals surface area contributed by atoms with Crippen LogP contribution in [0.15, 0.2) is 42.5 Å². The molecule has 0 unspecified atom stereocenters. The lowest BCUT2D eigenvalue weighted by Crippen LogP contribution is -2.34. The molecule has 0 aliphatic carbocycles. The maximum Gasteiger partial charge on any atom is 0.271 e. The summed E-state index contributed by atoms with van der Waals surface area (Å²) in [5.41, 5.74) is 10.6. The first-order valence-electron chi connectivity index (χ1n) is 6.63. The van der Waals surface area contributed by atoms with Crippen LogP contribution in [0.25, 0.3) is 22.0 Å². The third-order valence-electron chi connectivity index (χ3n) is 3.29. The molecule has 1 amide bonds. The molecule has 3 rings (SSSR count). The van der Waals surface area contributed by atoms with Crippen LogP contribution in [0.4, 0.5) is 5.82 Å². The Labute approximate surface area is 126 Å². The Bertz CT molecular complexity index is 828. The number of hydrazine groups is 1. The fourth-order valence-corrected chi connectivity index (χ4v) is 2.18. The van der Waals surface area contributed by atoms with Gasteiger partial charge in [0.2, 0.25) is 0 Å². The predicted molar refractivity (Wildman–Crippen MR) is 83.8 cm³/mol. The second-order valence-corrected chi connectivity index (χ2v) is 4.75. The molecule has 0 saturated heterocycles. The number of nitrogens with zero attached hydrogens (tertiary/aromatic N) is 1. The van der Waals surface area contributed by atoms with Gasteiger partial charge < -0.3 is 10.5 Å². The van der Waals surface area contributed by atoms with Crippen LogP contribution in [0, 0.1) is 0 Å². The van der Waals surface area contributed by atoms with E-state index in [1.807, 2.05) is 41.8 Å². The lowest BCUT2D eigenvalue weighted by atomic mass is 10.0. The van der Waals surface area contributed by atoms with Crippen LogP contribution in [0.2, 0.25) is 0 Å². The van der Waals surface area contributed by atoms with Crippen molar-refractivity contribution in [1.82, 2.24) is 15.6 Å². The number of nitrogens with two attached hydrogens (primary N) is 2. The van der Waals surface area contributed by atoms with Crippen LogP contribution in [-0.4, -0.2) is 22.7 Å². The largest absolute Gasteiger partial charge is 0.484 e. The highest BCUT2D eigenvalue weighted by atomic mass is 16.5. The van der Waals surface area contributed by atoms with E-state index in [4.69, 9.17) is 16.3 Å². The maximum atomic E-state index is 11.1. The van der Waals surface area contributed by atoms with Crippen LogP contribution in [-0.2, 0) is 4.79 Å². The summed E-state index contributed by atoms with van der Waals surface area (Å²) in [5, 5.41) is 7.75. The molecule has 2 aromatic carbocycles. The van der Waals surface area contributed by atoms with Gasteiger partial charge in [-0.15, -0.1) is 0 Å². The molecule has 112 valence electrons. The van der Waals surface area contributed by atoms with E-state index in [1.54, 1.807) is 6.07 Å². The van der Waals surface area contributed by atoms with Crippen LogP contribution in [0.3, 0.4) is 0 Å². The Hall–Kier alpha value is -3.06. The van der Waals surface area contributed by atoms with Crippen molar-refractivity contribution >= 4 is 22.6 Å². The van der Waals surface area contributed by atoms with Crippen molar-refractivity contribution in [3.8, 4) is 16.9 Å². The maximum absolute atomic E-state index is 11.1. The lowest BCUT2D eigenvalue weighted by molar-refractivity contribution is -0.123. The standard InChI is InChI=1S/C15H15N5O2/c16-15-12-5-4-10(7-13(12)19-20-15)9-2-1-3-11(6-9)22-8-14(21)18-17/h1-7H,8,17H2,(H,18,21)(H3,16,19,20). The zero-order valence-electron chi connectivity index (χ0n) is 11.7. The number of anilines is 1. The average Bonchev–Trinajstić information content (AvgIpc) is 2.93. The molecule has 22 heavy (non-hydrogen) atoms. The van der Waals surface area contributed by atoms with Gasteiger partial charge in [0, 0.05) is 5.39 Å². The Kier molecular flexibility index (Phi) is 3.63. The zero-order valence-corrected chi connectivity index (χ0v) is 11.7. The minimum absolute atomic E-state index is 0.129. The molecule has 0 bridgehead atoms. The van der Waals surface area contributed by atoms with Gasteiger partial charge in [-0.1, -0.05) is 18.2 Å². The average molecular weight is 297 g/mol. The van der Waals surface area contributed by atoms with E-state index in [0.717, 1.165) is 22.0 Å². The summed E-state index contributed by atoms with van der Waals surface area (Å²) in [6, 6.07) is 13.3. The first kappa shape index (κ1) is 13.9. The van der Waals surface area contributed by atoms with Gasteiger partial charge >= 0.3 is 0 Å². The molecule has 0 saturated carbocycles. The Balaban J connectivity index is 1.88. The number of ether oxygens (including phenoxy) is 1. The summed E-state index contributed by atoms with van der Waals surface area (Å²) < 4.78 is 5.38. The van der Waals surface area contributed by atoms with Gasteiger partial charge in [0.1, 0.15) is 5.75 Å². The second kappa shape index (κ2) is 5.74. The number of benzene rings is 2. The third kappa shape index (κ3) is 2.70. The number of amides is 1. The van der Waals surface area contributed by atoms with Crippen LogP contribution in [0.5, 0.6) is 5.75 Å². The van der Waals surface area contributed by atoms with E-state index in [1.165, 1.54) is 0 Å². The molecule has 0 aliphatic heterocycles. The highest BCUT2D eigenvalue weighted by Gasteiger charge is 2.06. The summed E-state index contributed by atoms with van der Waals surface area (Å²) in [4.78, 5) is 11.1. The highest BCUT2D eigenvalue weighted by Crippen LogP contribution is 2.28. The number of rotatable bonds is 4. The molecule has 0 aliphatic rings. The highest BCUT2D eigenvalue weighted by molar-refractivity contribution is 5.91. The zero-order chi connectivity index (χ0) is 15.5. The number of carbonyl (C=O) groups is 1. The minimum Gasteiger partial charge on any atom is -0.484 e. The number of nitrogens with one attached hydrogen (secondary N) is 2. The van der Waals surface area contributed by atoms with Crippen LogP contribution < -0.4 is 21.7 Å². The Morgan fingerprint density at radius 1 is 1.23 bits per heavy atom. The van der Waals surface area contributed by atoms with Gasteiger partial charge in [-0.2, -0.15) is 5.10 Å². The summed E-state index contributed by atoms with van der Waals surface area (Å²) in [5.74, 6) is 5.69. The van der Waals surface area contributed by atoms with Gasteiger partial charge in [-0.05, 0) is 35.4 Å². The molecule has 0 fully saturated rings. The fraction of sp³-hybridized carbons (Fsp3) is 0.0667. The number of hydrogen-bond acceptors (Lipinski definition) is 5. The Morgan fingerprint density at radius 2 is 2.05 bits per heavy atom. The smallest absolute Gasteiger partial charge is 0.271 e. The molecule has 3 aromatic rings. The fourth-order valence-electron chi connectivity index (χ4n) is 2.18. The molecule has 0 radical (unpaired) electrons. The molecular weight excluding hydrogens is 282 g/mol. The molecule has 1 aromatic heterocycles. The van der Waals surface area contributed by atoms with Crippen molar-refractivity contribution < 1.29 is 9.53 Å². The monoisotopic (exact) mass is 297 g/mol.